The van der Waals surface area contributed by atoms with Crippen molar-refractivity contribution in [2.45, 2.75) is 58.0 Å². The highest BCUT2D eigenvalue weighted by atomic mass is 16.5. The van der Waals surface area contributed by atoms with E-state index in [2.05, 4.69) is 16.0 Å². The van der Waals surface area contributed by atoms with E-state index in [0.29, 0.717) is 12.8 Å². The number of esters is 1. The number of rotatable bonds is 11. The Morgan fingerprint density at radius 1 is 1.05 bits per heavy atom. The van der Waals surface area contributed by atoms with Gasteiger partial charge < -0.3 is 20.7 Å². The second-order valence-electron chi connectivity index (χ2n) is 5.24. The Morgan fingerprint density at radius 3 is 2.18 bits per heavy atom. The van der Waals surface area contributed by atoms with Gasteiger partial charge in [0.2, 0.25) is 0 Å². The molecular weight excluding hydrogens is 286 g/mol. The maximum absolute atomic E-state index is 12.0. The van der Waals surface area contributed by atoms with Gasteiger partial charge in [0.1, 0.15) is 6.04 Å². The number of ketones is 1. The SMILES string of the molecule is CCC[C@H](NC(=O)N[C@@H](CCCCNC)C(=O)OC)C(C)=O. The third kappa shape index (κ3) is 8.61. The van der Waals surface area contributed by atoms with Crippen molar-refractivity contribution in [2.75, 3.05) is 20.7 Å². The van der Waals surface area contributed by atoms with Crippen LogP contribution in [0.4, 0.5) is 4.79 Å². The fourth-order valence-corrected chi connectivity index (χ4v) is 2.07. The molecule has 0 aliphatic carbocycles. The zero-order chi connectivity index (χ0) is 17.0. The van der Waals surface area contributed by atoms with Crippen LogP contribution in [-0.2, 0) is 14.3 Å². The van der Waals surface area contributed by atoms with Gasteiger partial charge in [-0.15, -0.1) is 0 Å². The van der Waals surface area contributed by atoms with Gasteiger partial charge in [0.05, 0.1) is 13.2 Å². The van der Waals surface area contributed by atoms with Gasteiger partial charge in [-0.2, -0.15) is 0 Å². The van der Waals surface area contributed by atoms with Crippen molar-refractivity contribution in [3.8, 4) is 0 Å². The average molecular weight is 315 g/mol. The van der Waals surface area contributed by atoms with Crippen LogP contribution in [0.5, 0.6) is 0 Å². The number of Topliss-reactive ketones (excluding diaryl/α,β-unsaturated/α-hetero) is 1. The smallest absolute Gasteiger partial charge is 0.328 e. The normalized spacial score (nSPS) is 13.1. The van der Waals surface area contributed by atoms with Crippen molar-refractivity contribution in [2.24, 2.45) is 0 Å². The van der Waals surface area contributed by atoms with Gasteiger partial charge in [-0.1, -0.05) is 13.3 Å². The molecule has 0 saturated carbocycles. The summed E-state index contributed by atoms with van der Waals surface area (Å²) in [6, 6.07) is -1.73. The van der Waals surface area contributed by atoms with Gasteiger partial charge in [-0.05, 0) is 46.2 Å². The predicted molar refractivity (Wildman–Crippen MR) is 84.6 cm³/mol. The largest absolute Gasteiger partial charge is 0.467 e. The fraction of sp³-hybridized carbons (Fsp3) is 0.800. The number of amides is 2. The molecule has 3 N–H and O–H groups in total. The Morgan fingerprint density at radius 2 is 1.68 bits per heavy atom. The molecule has 0 aromatic heterocycles. The molecule has 0 unspecified atom stereocenters. The maximum atomic E-state index is 12.0. The molecule has 2 atom stereocenters. The lowest BCUT2D eigenvalue weighted by Crippen LogP contribution is -2.51. The quantitative estimate of drug-likeness (QED) is 0.390. The van der Waals surface area contributed by atoms with Crippen LogP contribution in [0.25, 0.3) is 0 Å². The Labute approximate surface area is 132 Å². The standard InChI is InChI=1S/C15H29N3O4/c1-5-8-12(11(2)19)17-15(21)18-13(14(20)22-4)9-6-7-10-16-3/h12-13,16H,5-10H2,1-4H3,(H2,17,18,21)/t12-,13-/m0/s1. The van der Waals surface area contributed by atoms with Crippen LogP contribution < -0.4 is 16.0 Å². The number of ether oxygens (including phenoxy) is 1. The molecule has 22 heavy (non-hydrogen) atoms. The van der Waals surface area contributed by atoms with Crippen molar-refractivity contribution in [1.82, 2.24) is 16.0 Å². The third-order valence-corrected chi connectivity index (χ3v) is 3.33. The summed E-state index contributed by atoms with van der Waals surface area (Å²) < 4.78 is 4.71. The zero-order valence-corrected chi connectivity index (χ0v) is 14.0. The summed E-state index contributed by atoms with van der Waals surface area (Å²) in [4.78, 5) is 35.1. The van der Waals surface area contributed by atoms with E-state index in [4.69, 9.17) is 4.74 Å². The average Bonchev–Trinajstić information content (AvgIpc) is 2.48. The summed E-state index contributed by atoms with van der Waals surface area (Å²) in [5.41, 5.74) is 0. The summed E-state index contributed by atoms with van der Waals surface area (Å²) in [5.74, 6) is -0.574. The first-order valence-electron chi connectivity index (χ1n) is 7.76. The van der Waals surface area contributed by atoms with Crippen molar-refractivity contribution in [3.05, 3.63) is 0 Å². The lowest BCUT2D eigenvalue weighted by molar-refractivity contribution is -0.143. The highest BCUT2D eigenvalue weighted by Gasteiger charge is 2.23. The highest BCUT2D eigenvalue weighted by molar-refractivity contribution is 5.88. The van der Waals surface area contributed by atoms with E-state index < -0.39 is 24.1 Å². The number of unbranched alkanes of at least 4 members (excludes halogenated alkanes) is 1. The molecule has 0 aliphatic heterocycles. The Balaban J connectivity index is 4.46. The van der Waals surface area contributed by atoms with Crippen LogP contribution in [0.15, 0.2) is 0 Å². The first-order valence-corrected chi connectivity index (χ1v) is 7.76. The van der Waals surface area contributed by atoms with Crippen LogP contribution in [0.2, 0.25) is 0 Å². The van der Waals surface area contributed by atoms with E-state index in [1.54, 1.807) is 0 Å². The van der Waals surface area contributed by atoms with Crippen LogP contribution in [0.1, 0.15) is 46.0 Å². The lowest BCUT2D eigenvalue weighted by Gasteiger charge is -2.20. The molecule has 0 bridgehead atoms. The molecule has 0 fully saturated rings. The fourth-order valence-electron chi connectivity index (χ4n) is 2.07. The Bertz CT molecular complexity index is 361. The third-order valence-electron chi connectivity index (χ3n) is 3.33. The second-order valence-corrected chi connectivity index (χ2v) is 5.24. The van der Waals surface area contributed by atoms with E-state index in [-0.39, 0.29) is 5.78 Å². The molecule has 7 heteroatoms. The molecule has 2 amide bonds. The molecule has 0 aliphatic rings. The minimum atomic E-state index is -0.698. The number of hydrogen-bond donors (Lipinski definition) is 3. The number of urea groups is 1. The number of carbonyl (C=O) groups is 3. The van der Waals surface area contributed by atoms with E-state index in [1.807, 2.05) is 14.0 Å². The van der Waals surface area contributed by atoms with Crippen molar-refractivity contribution in [3.63, 3.8) is 0 Å². The van der Waals surface area contributed by atoms with E-state index in [9.17, 15) is 14.4 Å². The second kappa shape index (κ2) is 12.0. The molecule has 0 radical (unpaired) electrons. The maximum Gasteiger partial charge on any atom is 0.328 e. The summed E-state index contributed by atoms with van der Waals surface area (Å²) in [5, 5.41) is 8.22. The summed E-state index contributed by atoms with van der Waals surface area (Å²) in [6.45, 7) is 4.23. The van der Waals surface area contributed by atoms with Gasteiger partial charge >= 0.3 is 12.0 Å². The molecule has 0 aromatic rings. The molecule has 0 rings (SSSR count). The van der Waals surface area contributed by atoms with Gasteiger partial charge in [-0.25, -0.2) is 9.59 Å². The van der Waals surface area contributed by atoms with E-state index in [0.717, 1.165) is 25.8 Å². The Hall–Kier alpha value is -1.63. The molecule has 0 heterocycles. The topological polar surface area (TPSA) is 96.5 Å². The Kier molecular flexibility index (Phi) is 11.1. The molecular formula is C15H29N3O4. The first-order chi connectivity index (χ1) is 10.5. The number of carbonyl (C=O) groups excluding carboxylic acids is 3. The van der Waals surface area contributed by atoms with Gasteiger partial charge in [0.25, 0.3) is 0 Å². The molecule has 7 nitrogen and oxygen atoms in total. The zero-order valence-electron chi connectivity index (χ0n) is 14.0. The van der Waals surface area contributed by atoms with Gasteiger partial charge in [-0.3, -0.25) is 4.79 Å². The summed E-state index contributed by atoms with van der Waals surface area (Å²) >= 11 is 0. The van der Waals surface area contributed by atoms with Crippen LogP contribution in [0.3, 0.4) is 0 Å². The molecule has 0 saturated heterocycles. The lowest BCUT2D eigenvalue weighted by atomic mass is 10.1. The van der Waals surface area contributed by atoms with Crippen molar-refractivity contribution < 1.29 is 19.1 Å². The number of hydrogen-bond acceptors (Lipinski definition) is 5. The number of methoxy groups -OCH3 is 1. The minimum Gasteiger partial charge on any atom is -0.467 e. The van der Waals surface area contributed by atoms with Crippen molar-refractivity contribution >= 4 is 17.8 Å². The highest BCUT2D eigenvalue weighted by Crippen LogP contribution is 2.03. The molecule has 0 aromatic carbocycles. The molecule has 128 valence electrons. The molecule has 0 spiro atoms. The van der Waals surface area contributed by atoms with E-state index in [1.165, 1.54) is 14.0 Å². The van der Waals surface area contributed by atoms with Crippen molar-refractivity contribution in [1.29, 1.82) is 0 Å². The number of nitrogens with one attached hydrogen (secondary N) is 3. The van der Waals surface area contributed by atoms with Crippen LogP contribution in [-0.4, -0.2) is 50.6 Å². The van der Waals surface area contributed by atoms with Crippen LogP contribution >= 0.6 is 0 Å². The monoisotopic (exact) mass is 315 g/mol. The van der Waals surface area contributed by atoms with E-state index >= 15 is 0 Å². The summed E-state index contributed by atoms with van der Waals surface area (Å²) in [7, 11) is 3.15. The van der Waals surface area contributed by atoms with Gasteiger partial charge in [0.15, 0.2) is 5.78 Å². The van der Waals surface area contributed by atoms with Gasteiger partial charge in [0, 0.05) is 0 Å². The minimum absolute atomic E-state index is 0.0966. The van der Waals surface area contributed by atoms with Crippen LogP contribution in [0, 0.1) is 0 Å². The summed E-state index contributed by atoms with van der Waals surface area (Å²) in [6.07, 6.45) is 3.55. The first kappa shape index (κ1) is 20.4. The predicted octanol–water partition coefficient (Wildman–Crippen LogP) is 0.975.